The molecule has 0 radical (unpaired) electrons. The fraction of sp³-hybridized carbons (Fsp3) is 0.308. The Balaban J connectivity index is 1.88. The van der Waals surface area contributed by atoms with Crippen molar-refractivity contribution in [1.82, 2.24) is 10.2 Å². The van der Waals surface area contributed by atoms with Crippen molar-refractivity contribution < 1.29 is 14.4 Å². The Labute approximate surface area is 109 Å². The quantitative estimate of drug-likeness (QED) is 0.549. The number of rotatable bonds is 1. The van der Waals surface area contributed by atoms with Crippen molar-refractivity contribution >= 4 is 23.4 Å². The molecule has 1 fully saturated rings. The van der Waals surface area contributed by atoms with Gasteiger partial charge < -0.3 is 10.6 Å². The van der Waals surface area contributed by atoms with E-state index >= 15 is 0 Å². The molecule has 0 unspecified atom stereocenters. The summed E-state index contributed by atoms with van der Waals surface area (Å²) in [6.07, 6.45) is 0.637. The number of imide groups is 1. The van der Waals surface area contributed by atoms with E-state index in [1.54, 1.807) is 18.2 Å². The molecule has 3 amide bonds. The zero-order chi connectivity index (χ0) is 13.6. The third-order valence-corrected chi connectivity index (χ3v) is 3.55. The van der Waals surface area contributed by atoms with Crippen LogP contribution in [0, 0.1) is 0 Å². The highest BCUT2D eigenvalue weighted by Crippen LogP contribution is 2.28. The minimum atomic E-state index is -0.571. The number of hydrogen-bond donors (Lipinski definition) is 2. The Morgan fingerprint density at radius 2 is 2.05 bits per heavy atom. The molecular weight excluding hydrogens is 246 g/mol. The molecule has 6 heteroatoms. The maximum absolute atomic E-state index is 12.3. The molecule has 3 rings (SSSR count). The molecule has 0 spiro atoms. The smallest absolute Gasteiger partial charge is 0.255 e. The summed E-state index contributed by atoms with van der Waals surface area (Å²) in [5.41, 5.74) is 7.60. The predicted octanol–water partition coefficient (Wildman–Crippen LogP) is 0.0298. The van der Waals surface area contributed by atoms with Gasteiger partial charge in [-0.15, -0.1) is 0 Å². The average Bonchev–Trinajstić information content (AvgIpc) is 2.67. The summed E-state index contributed by atoms with van der Waals surface area (Å²) in [4.78, 5) is 36.7. The van der Waals surface area contributed by atoms with Gasteiger partial charge in [-0.3, -0.25) is 19.7 Å². The number of amides is 3. The molecule has 0 saturated carbocycles. The molecule has 2 aliphatic rings. The molecule has 0 bridgehead atoms. The number of hydrogen-bond acceptors (Lipinski definition) is 4. The summed E-state index contributed by atoms with van der Waals surface area (Å²) in [6.45, 7) is 0.390. The van der Waals surface area contributed by atoms with Crippen molar-refractivity contribution in [3.63, 3.8) is 0 Å². The van der Waals surface area contributed by atoms with E-state index in [-0.39, 0.29) is 18.2 Å². The highest BCUT2D eigenvalue weighted by Gasteiger charge is 2.38. The summed E-state index contributed by atoms with van der Waals surface area (Å²) in [7, 11) is 0. The molecule has 98 valence electrons. The van der Waals surface area contributed by atoms with Gasteiger partial charge in [0.25, 0.3) is 5.91 Å². The second-order valence-electron chi connectivity index (χ2n) is 4.82. The number of nitrogens with one attached hydrogen (secondary N) is 1. The number of nitrogens with two attached hydrogens (primary N) is 1. The summed E-state index contributed by atoms with van der Waals surface area (Å²) < 4.78 is 0. The van der Waals surface area contributed by atoms with Crippen LogP contribution in [0.15, 0.2) is 18.2 Å². The molecule has 1 aromatic carbocycles. The average molecular weight is 259 g/mol. The van der Waals surface area contributed by atoms with Crippen molar-refractivity contribution in [3.8, 4) is 0 Å². The van der Waals surface area contributed by atoms with Gasteiger partial charge in [-0.25, -0.2) is 0 Å². The molecule has 0 aliphatic carbocycles. The third kappa shape index (κ3) is 1.85. The molecule has 6 nitrogen and oxygen atoms in total. The maximum atomic E-state index is 12.3. The Bertz CT molecular complexity index is 597. The highest BCUT2D eigenvalue weighted by molar-refractivity contribution is 6.05. The summed E-state index contributed by atoms with van der Waals surface area (Å²) in [6, 6.07) is 4.59. The number of benzene rings is 1. The lowest BCUT2D eigenvalue weighted by Gasteiger charge is -2.29. The first-order valence-corrected chi connectivity index (χ1v) is 6.09. The number of fused-ring (bicyclic) bond motifs is 1. The van der Waals surface area contributed by atoms with Gasteiger partial charge >= 0.3 is 0 Å². The van der Waals surface area contributed by atoms with Gasteiger partial charge in [-0.05, 0) is 24.1 Å². The Morgan fingerprint density at radius 3 is 2.79 bits per heavy atom. The van der Waals surface area contributed by atoms with Crippen molar-refractivity contribution in [1.29, 1.82) is 0 Å². The SMILES string of the molecule is Nc1ccc2c(c1)C(=O)N([C@H]1CCC(=O)NC1=O)C2. The third-order valence-electron chi connectivity index (χ3n) is 3.55. The van der Waals surface area contributed by atoms with Crippen LogP contribution in [0.25, 0.3) is 0 Å². The van der Waals surface area contributed by atoms with Gasteiger partial charge in [0.15, 0.2) is 0 Å². The molecule has 19 heavy (non-hydrogen) atoms. The van der Waals surface area contributed by atoms with Crippen molar-refractivity contribution in [2.24, 2.45) is 0 Å². The van der Waals surface area contributed by atoms with E-state index in [1.165, 1.54) is 4.90 Å². The van der Waals surface area contributed by atoms with Crippen LogP contribution in [0.4, 0.5) is 5.69 Å². The molecule has 0 aromatic heterocycles. The zero-order valence-electron chi connectivity index (χ0n) is 10.2. The van der Waals surface area contributed by atoms with Gasteiger partial charge in [0, 0.05) is 24.2 Å². The summed E-state index contributed by atoms with van der Waals surface area (Å²) >= 11 is 0. The van der Waals surface area contributed by atoms with Crippen LogP contribution in [0.5, 0.6) is 0 Å². The highest BCUT2D eigenvalue weighted by atomic mass is 16.2. The maximum Gasteiger partial charge on any atom is 0.255 e. The lowest BCUT2D eigenvalue weighted by Crippen LogP contribution is -2.52. The molecular formula is C13H13N3O3. The normalized spacial score (nSPS) is 22.4. The lowest BCUT2D eigenvalue weighted by atomic mass is 10.0. The van der Waals surface area contributed by atoms with E-state index in [9.17, 15) is 14.4 Å². The van der Waals surface area contributed by atoms with Crippen LogP contribution < -0.4 is 11.1 Å². The summed E-state index contributed by atoms with van der Waals surface area (Å²) in [5, 5.41) is 2.27. The number of nitrogens with zero attached hydrogens (tertiary/aromatic N) is 1. The Morgan fingerprint density at radius 1 is 1.26 bits per heavy atom. The van der Waals surface area contributed by atoms with Crippen molar-refractivity contribution in [2.75, 3.05) is 5.73 Å². The van der Waals surface area contributed by atoms with E-state index in [1.807, 2.05) is 0 Å². The Kier molecular flexibility index (Phi) is 2.51. The standard InChI is InChI=1S/C13H13N3O3/c14-8-2-1-7-6-16(13(19)9(7)5-8)10-3-4-11(17)15-12(10)18/h1-2,5,10H,3-4,6,14H2,(H,15,17,18)/t10-/m0/s1. The van der Waals surface area contributed by atoms with Crippen LogP contribution in [0.1, 0.15) is 28.8 Å². The predicted molar refractivity (Wildman–Crippen MR) is 66.9 cm³/mol. The van der Waals surface area contributed by atoms with E-state index in [0.717, 1.165) is 5.56 Å². The largest absolute Gasteiger partial charge is 0.399 e. The zero-order valence-corrected chi connectivity index (χ0v) is 10.2. The van der Waals surface area contributed by atoms with Gasteiger partial charge in [0.05, 0.1) is 0 Å². The lowest BCUT2D eigenvalue weighted by molar-refractivity contribution is -0.136. The number of nitrogen functional groups attached to an aromatic ring is 1. The topological polar surface area (TPSA) is 92.5 Å². The van der Waals surface area contributed by atoms with E-state index in [2.05, 4.69) is 5.32 Å². The monoisotopic (exact) mass is 259 g/mol. The first-order valence-electron chi connectivity index (χ1n) is 6.09. The van der Waals surface area contributed by atoms with Crippen LogP contribution >= 0.6 is 0 Å². The minimum absolute atomic E-state index is 0.197. The molecule has 2 heterocycles. The Hall–Kier alpha value is -2.37. The van der Waals surface area contributed by atoms with E-state index in [0.29, 0.717) is 24.2 Å². The molecule has 1 aromatic rings. The first-order chi connectivity index (χ1) is 9.06. The molecule has 3 N–H and O–H groups in total. The number of piperidine rings is 1. The van der Waals surface area contributed by atoms with Crippen LogP contribution in [0.3, 0.4) is 0 Å². The second kappa shape index (κ2) is 4.08. The van der Waals surface area contributed by atoms with Crippen LogP contribution in [0.2, 0.25) is 0 Å². The van der Waals surface area contributed by atoms with E-state index < -0.39 is 11.9 Å². The van der Waals surface area contributed by atoms with Crippen LogP contribution in [-0.4, -0.2) is 28.7 Å². The fourth-order valence-electron chi connectivity index (χ4n) is 2.57. The van der Waals surface area contributed by atoms with Gasteiger partial charge in [-0.2, -0.15) is 0 Å². The van der Waals surface area contributed by atoms with Crippen LogP contribution in [-0.2, 0) is 16.1 Å². The first kappa shape index (κ1) is 11.7. The van der Waals surface area contributed by atoms with Crippen molar-refractivity contribution in [3.05, 3.63) is 29.3 Å². The number of carbonyl (C=O) groups excluding carboxylic acids is 3. The summed E-state index contributed by atoms with van der Waals surface area (Å²) in [5.74, 6) is -0.878. The van der Waals surface area contributed by atoms with Crippen molar-refractivity contribution in [2.45, 2.75) is 25.4 Å². The fourth-order valence-corrected chi connectivity index (χ4v) is 2.57. The van der Waals surface area contributed by atoms with Gasteiger partial charge in [-0.1, -0.05) is 6.07 Å². The number of anilines is 1. The molecule has 1 saturated heterocycles. The minimum Gasteiger partial charge on any atom is -0.399 e. The van der Waals surface area contributed by atoms with Gasteiger partial charge in [0.1, 0.15) is 6.04 Å². The number of carbonyl (C=O) groups is 3. The van der Waals surface area contributed by atoms with E-state index in [4.69, 9.17) is 5.73 Å². The molecule has 1 atom stereocenters. The molecule has 2 aliphatic heterocycles. The van der Waals surface area contributed by atoms with Gasteiger partial charge in [0.2, 0.25) is 11.8 Å². The second-order valence-corrected chi connectivity index (χ2v) is 4.82.